The number of nitrogens with zero attached hydrogens (tertiary/aromatic N) is 2. The third-order valence-corrected chi connectivity index (χ3v) is 24.9. The molecule has 16 unspecified atom stereocenters. The highest BCUT2D eigenvalue weighted by molar-refractivity contribution is 8.76. The van der Waals surface area contributed by atoms with E-state index in [-0.39, 0.29) is 64.4 Å². The fraction of sp³-hybridized carbons (Fsp3) is 0.724. The maximum Gasteiger partial charge on any atom is 0.159 e. The van der Waals surface area contributed by atoms with Crippen LogP contribution in [0.1, 0.15) is 155 Å². The average molecular weight is 947 g/mol. The molecular weight excluding hydrogens is 869 g/mol. The van der Waals surface area contributed by atoms with Crippen LogP contribution in [-0.2, 0) is 11.2 Å². The van der Waals surface area contributed by atoms with Gasteiger partial charge in [0.2, 0.25) is 0 Å². The highest BCUT2D eigenvalue weighted by atomic mass is 33.1. The number of carbonyl (C=O) groups excluding carboxylic acids is 1. The number of aliphatic hydroxyl groups is 4. The van der Waals surface area contributed by atoms with Crippen LogP contribution in [0.15, 0.2) is 83.0 Å². The Hall–Kier alpha value is -2.14. The van der Waals surface area contributed by atoms with Crippen molar-refractivity contribution in [3.8, 4) is 0 Å². The summed E-state index contributed by atoms with van der Waals surface area (Å²) in [7, 11) is 3.97. The molecule has 0 amide bonds. The zero-order chi connectivity index (χ0) is 46.3. The van der Waals surface area contributed by atoms with Gasteiger partial charge < -0.3 is 25.0 Å². The monoisotopic (exact) mass is 947 g/mol. The smallest absolute Gasteiger partial charge is 0.159 e. The van der Waals surface area contributed by atoms with Gasteiger partial charge in [-0.1, -0.05) is 115 Å². The number of imidazole rings is 1. The molecule has 7 fully saturated rings. The molecule has 362 valence electrons. The van der Waals surface area contributed by atoms with Gasteiger partial charge in [-0.25, -0.2) is 4.98 Å². The summed E-state index contributed by atoms with van der Waals surface area (Å²) in [5, 5.41) is 50.9. The van der Waals surface area contributed by atoms with E-state index in [1.165, 1.54) is 63.4 Å². The molecule has 2 heterocycles. The summed E-state index contributed by atoms with van der Waals surface area (Å²) in [5.74, 6) is 1.45. The minimum absolute atomic E-state index is 0.0107. The van der Waals surface area contributed by atoms with E-state index >= 15 is 0 Å². The highest BCUT2D eigenvalue weighted by Gasteiger charge is 2.72. The Morgan fingerprint density at radius 3 is 2.39 bits per heavy atom. The Morgan fingerprint density at radius 1 is 0.836 bits per heavy atom. The minimum atomic E-state index is -1.27. The molecule has 12 rings (SSSR count). The Bertz CT molecular complexity index is 2330. The Morgan fingerprint density at radius 2 is 1.61 bits per heavy atom. The van der Waals surface area contributed by atoms with Gasteiger partial charge in [-0.2, -0.15) is 0 Å². The van der Waals surface area contributed by atoms with Crippen molar-refractivity contribution in [2.75, 3.05) is 5.75 Å². The molecule has 4 bridgehead atoms. The molecule has 9 heteroatoms. The van der Waals surface area contributed by atoms with E-state index in [1.54, 1.807) is 22.3 Å². The largest absolute Gasteiger partial charge is 0.392 e. The lowest BCUT2D eigenvalue weighted by atomic mass is 9.43. The molecule has 4 N–H and O–H groups in total. The van der Waals surface area contributed by atoms with E-state index in [1.807, 2.05) is 40.2 Å². The van der Waals surface area contributed by atoms with Gasteiger partial charge in [-0.3, -0.25) is 4.79 Å². The van der Waals surface area contributed by atoms with Crippen LogP contribution in [0.25, 0.3) is 0 Å². The summed E-state index contributed by atoms with van der Waals surface area (Å²) in [6.07, 6.45) is 25.4. The molecule has 10 aliphatic rings. The van der Waals surface area contributed by atoms with Gasteiger partial charge in [0, 0.05) is 58.5 Å². The molecule has 16 atom stereocenters. The Labute approximate surface area is 408 Å². The lowest BCUT2D eigenvalue weighted by Gasteiger charge is -2.62. The molecule has 0 radical (unpaired) electrons. The van der Waals surface area contributed by atoms with Gasteiger partial charge in [-0.05, 0) is 166 Å². The van der Waals surface area contributed by atoms with Crippen LogP contribution < -0.4 is 0 Å². The van der Waals surface area contributed by atoms with E-state index in [2.05, 4.69) is 73.8 Å². The highest BCUT2D eigenvalue weighted by Crippen LogP contribution is 2.74. The quantitative estimate of drug-likeness (QED) is 0.177. The summed E-state index contributed by atoms with van der Waals surface area (Å²) in [4.78, 5) is 19.3. The number of hydrogen-bond donors (Lipinski definition) is 4. The SMILES string of the molecule is CC1(C)CC(n2ccnc2)CSSC(CCc2ccccc2)C2CC(C3CC4CCCC5=C4C(C1=C1CCCC4(CCCC4)C51)C3O)C1(C)CCC3C(=CC(=O)C4CC(O)C(O)CC43C)C21O. The number of hydrogen-bond acceptors (Lipinski definition) is 8. The molecule has 67 heavy (non-hydrogen) atoms. The zero-order valence-electron chi connectivity index (χ0n) is 40.8. The molecule has 1 aromatic carbocycles. The fourth-order valence-corrected chi connectivity index (χ4v) is 22.4. The Balaban J connectivity index is 1.04. The van der Waals surface area contributed by atoms with Crippen LogP contribution in [0.5, 0.6) is 0 Å². The summed E-state index contributed by atoms with van der Waals surface area (Å²) >= 11 is 0. The van der Waals surface area contributed by atoms with Gasteiger partial charge in [0.05, 0.1) is 30.2 Å². The van der Waals surface area contributed by atoms with Crippen molar-refractivity contribution >= 4 is 27.4 Å². The van der Waals surface area contributed by atoms with Crippen LogP contribution in [0, 0.1) is 69.0 Å². The van der Waals surface area contributed by atoms with E-state index in [9.17, 15) is 25.2 Å². The standard InChI is InChI=1S/C58H78N2O5S2/c1-54(2)30-36(60-25-24-59-33-60)32-66-67-48(18-17-34-12-6-5-7-13-34)44-27-41(56(4)23-19-40-42(58(44,56)65)28-45(61)43-29-46(62)47(63)31-55(40,43)3)39-26-35-14-10-15-37-49(35)50(53(39)64)52(54)38-16-11-22-57(51(37)38)20-8-9-21-57/h5-7,12-13,24-25,28,33,35-36,39-41,43-44,46-48,50-51,53,62-65H,8-11,14-23,26-27,29-32H2,1-4H3. The lowest BCUT2D eigenvalue weighted by Crippen LogP contribution is -2.63. The number of aryl methyl sites for hydroxylation is 1. The summed E-state index contributed by atoms with van der Waals surface area (Å²) in [6, 6.07) is 11.0. The lowest BCUT2D eigenvalue weighted by molar-refractivity contribution is -0.161. The van der Waals surface area contributed by atoms with Gasteiger partial charge in [0.25, 0.3) is 0 Å². The van der Waals surface area contributed by atoms with Gasteiger partial charge in [0.15, 0.2) is 5.78 Å². The number of aromatic nitrogens is 2. The molecule has 7 nitrogen and oxygen atoms in total. The van der Waals surface area contributed by atoms with Crippen molar-refractivity contribution in [1.29, 1.82) is 0 Å². The number of allylic oxidation sites excluding steroid dienone is 3. The van der Waals surface area contributed by atoms with Crippen molar-refractivity contribution in [2.45, 2.75) is 185 Å². The van der Waals surface area contributed by atoms with Crippen molar-refractivity contribution < 1.29 is 25.2 Å². The Kier molecular flexibility index (Phi) is 11.5. The van der Waals surface area contributed by atoms with Crippen molar-refractivity contribution in [3.63, 3.8) is 0 Å². The first-order chi connectivity index (χ1) is 32.2. The van der Waals surface area contributed by atoms with Crippen LogP contribution in [-0.4, -0.2) is 70.7 Å². The van der Waals surface area contributed by atoms with Crippen LogP contribution >= 0.6 is 21.6 Å². The molecule has 6 saturated carbocycles. The van der Waals surface area contributed by atoms with Crippen molar-refractivity contribution in [1.82, 2.24) is 9.55 Å². The molecular formula is C58H78N2O5S2. The first-order valence-corrected chi connectivity index (χ1v) is 29.3. The van der Waals surface area contributed by atoms with Gasteiger partial charge in [0.1, 0.15) is 0 Å². The third kappa shape index (κ3) is 6.85. The fourth-order valence-electron chi connectivity index (χ4n) is 19.1. The average Bonchev–Trinajstić information content (AvgIpc) is 4.07. The van der Waals surface area contributed by atoms with E-state index < -0.39 is 34.7 Å². The molecule has 1 aromatic heterocycles. The number of ketones is 1. The number of carbonyl (C=O) groups is 1. The van der Waals surface area contributed by atoms with Crippen LogP contribution in [0.4, 0.5) is 0 Å². The topological polar surface area (TPSA) is 116 Å². The van der Waals surface area contributed by atoms with Gasteiger partial charge >= 0.3 is 0 Å². The molecule has 2 aromatic rings. The molecule has 9 aliphatic carbocycles. The third-order valence-electron chi connectivity index (χ3n) is 21.9. The second-order valence-corrected chi connectivity index (χ2v) is 27.9. The van der Waals surface area contributed by atoms with Crippen LogP contribution in [0.3, 0.4) is 0 Å². The van der Waals surface area contributed by atoms with Crippen LogP contribution in [0.2, 0.25) is 0 Å². The first-order valence-electron chi connectivity index (χ1n) is 27.0. The number of benzene rings is 1. The van der Waals surface area contributed by atoms with E-state index in [0.29, 0.717) is 23.7 Å². The minimum Gasteiger partial charge on any atom is -0.392 e. The summed E-state index contributed by atoms with van der Waals surface area (Å²) < 4.78 is 2.37. The maximum atomic E-state index is 14.7. The van der Waals surface area contributed by atoms with Crippen molar-refractivity contribution in [2.24, 2.45) is 69.0 Å². The van der Waals surface area contributed by atoms with Crippen molar-refractivity contribution in [3.05, 3.63) is 88.6 Å². The number of rotatable bonds is 4. The second-order valence-electron chi connectivity index (χ2n) is 25.3. The number of aliphatic hydroxyl groups excluding tert-OH is 3. The molecule has 1 aliphatic heterocycles. The second kappa shape index (κ2) is 16.7. The van der Waals surface area contributed by atoms with E-state index in [4.69, 9.17) is 0 Å². The summed E-state index contributed by atoms with van der Waals surface area (Å²) in [5.41, 5.74) is 6.79. The predicted molar refractivity (Wildman–Crippen MR) is 269 cm³/mol. The zero-order valence-corrected chi connectivity index (χ0v) is 42.4. The normalized spacial score (nSPS) is 45.4. The maximum absolute atomic E-state index is 14.7. The van der Waals surface area contributed by atoms with E-state index in [0.717, 1.165) is 62.7 Å². The molecule has 1 saturated heterocycles. The van der Waals surface area contributed by atoms with Gasteiger partial charge in [-0.15, -0.1) is 0 Å². The molecule has 1 spiro atoms. The summed E-state index contributed by atoms with van der Waals surface area (Å²) in [6.45, 7) is 9.67. The predicted octanol–water partition coefficient (Wildman–Crippen LogP) is 11.4. The first kappa shape index (κ1) is 46.0. The number of fused-ring (bicyclic) bond motifs is 14.